The van der Waals surface area contributed by atoms with Crippen LogP contribution in [0, 0.1) is 11.8 Å². The zero-order valence-corrected chi connectivity index (χ0v) is 8.95. The second-order valence-electron chi connectivity index (χ2n) is 5.02. The van der Waals surface area contributed by atoms with Crippen LogP contribution in [0.2, 0.25) is 0 Å². The minimum Gasteiger partial charge on any atom is -0.480 e. The van der Waals surface area contributed by atoms with Gasteiger partial charge in [0.2, 0.25) is 5.91 Å². The highest BCUT2D eigenvalue weighted by molar-refractivity contribution is 5.86. The summed E-state index contributed by atoms with van der Waals surface area (Å²) in [5, 5.41) is 11.9. The summed E-state index contributed by atoms with van der Waals surface area (Å²) in [7, 11) is 0. The maximum Gasteiger partial charge on any atom is 0.329 e. The molecule has 0 spiro atoms. The van der Waals surface area contributed by atoms with E-state index in [9.17, 15) is 14.7 Å². The molecular formula is C11H17NO3. The summed E-state index contributed by atoms with van der Waals surface area (Å²) in [5.41, 5.74) is -0.976. The number of aliphatic carboxylic acids is 1. The van der Waals surface area contributed by atoms with Gasteiger partial charge in [-0.25, -0.2) is 4.79 Å². The van der Waals surface area contributed by atoms with E-state index in [-0.39, 0.29) is 5.91 Å². The van der Waals surface area contributed by atoms with Crippen LogP contribution >= 0.6 is 0 Å². The molecule has 0 aromatic heterocycles. The second-order valence-corrected chi connectivity index (χ2v) is 5.02. The van der Waals surface area contributed by atoms with Crippen molar-refractivity contribution in [2.24, 2.45) is 11.8 Å². The number of carbonyl (C=O) groups is 2. The summed E-state index contributed by atoms with van der Waals surface area (Å²) in [5.74, 6) is -0.119. The third kappa shape index (κ3) is 1.85. The first kappa shape index (κ1) is 10.5. The molecule has 0 aromatic rings. The van der Waals surface area contributed by atoms with Crippen molar-refractivity contribution >= 4 is 11.9 Å². The molecule has 2 aliphatic carbocycles. The van der Waals surface area contributed by atoms with Crippen LogP contribution in [-0.4, -0.2) is 22.5 Å². The zero-order valence-electron chi connectivity index (χ0n) is 8.95. The number of nitrogens with one attached hydrogen (secondary N) is 1. The number of hydrogen-bond acceptors (Lipinski definition) is 2. The van der Waals surface area contributed by atoms with Crippen LogP contribution in [0.3, 0.4) is 0 Å². The largest absolute Gasteiger partial charge is 0.480 e. The van der Waals surface area contributed by atoms with Crippen LogP contribution < -0.4 is 5.32 Å². The van der Waals surface area contributed by atoms with Crippen molar-refractivity contribution in [3.05, 3.63) is 0 Å². The molecule has 84 valence electrons. The Kier molecular flexibility index (Phi) is 2.44. The first-order chi connectivity index (χ1) is 7.02. The van der Waals surface area contributed by atoms with E-state index in [0.29, 0.717) is 24.7 Å². The normalized spacial score (nSPS) is 38.7. The molecule has 2 rings (SSSR count). The van der Waals surface area contributed by atoms with Crippen LogP contribution in [0.25, 0.3) is 0 Å². The van der Waals surface area contributed by atoms with E-state index in [4.69, 9.17) is 0 Å². The fraction of sp³-hybridized carbons (Fsp3) is 0.818. The molecule has 2 atom stereocenters. The number of carboxylic acid groups (broad SMARTS) is 1. The smallest absolute Gasteiger partial charge is 0.329 e. The van der Waals surface area contributed by atoms with Gasteiger partial charge < -0.3 is 10.4 Å². The van der Waals surface area contributed by atoms with Gasteiger partial charge in [-0.15, -0.1) is 0 Å². The second kappa shape index (κ2) is 3.51. The van der Waals surface area contributed by atoms with Gasteiger partial charge in [-0.1, -0.05) is 12.8 Å². The lowest BCUT2D eigenvalue weighted by Gasteiger charge is -2.37. The predicted octanol–water partition coefficient (Wildman–Crippen LogP) is 1.16. The fourth-order valence-electron chi connectivity index (χ4n) is 3.29. The number of rotatable bonds is 2. The van der Waals surface area contributed by atoms with Gasteiger partial charge in [0.1, 0.15) is 5.54 Å². The molecule has 2 saturated carbocycles. The molecule has 1 amide bonds. The van der Waals surface area contributed by atoms with Crippen molar-refractivity contribution in [1.29, 1.82) is 0 Å². The molecule has 0 radical (unpaired) electrons. The first-order valence-corrected chi connectivity index (χ1v) is 5.54. The summed E-state index contributed by atoms with van der Waals surface area (Å²) < 4.78 is 0. The molecule has 2 bridgehead atoms. The zero-order chi connectivity index (χ0) is 11.1. The van der Waals surface area contributed by atoms with Crippen molar-refractivity contribution in [2.45, 2.75) is 44.6 Å². The highest BCUT2D eigenvalue weighted by Gasteiger charge is 2.49. The number of carboxylic acids is 1. The molecule has 2 N–H and O–H groups in total. The molecule has 2 unspecified atom stereocenters. The summed E-state index contributed by atoms with van der Waals surface area (Å²) in [6, 6.07) is 0. The van der Waals surface area contributed by atoms with Gasteiger partial charge in [0.15, 0.2) is 0 Å². The molecule has 4 heteroatoms. The van der Waals surface area contributed by atoms with E-state index in [1.165, 1.54) is 6.92 Å². The van der Waals surface area contributed by atoms with Crippen LogP contribution in [-0.2, 0) is 9.59 Å². The van der Waals surface area contributed by atoms with Crippen molar-refractivity contribution in [3.63, 3.8) is 0 Å². The molecule has 0 aromatic carbocycles. The average Bonchev–Trinajstić information content (AvgIpc) is 2.44. The highest BCUT2D eigenvalue weighted by Crippen LogP contribution is 2.46. The van der Waals surface area contributed by atoms with Gasteiger partial charge >= 0.3 is 5.97 Å². The first-order valence-electron chi connectivity index (χ1n) is 5.54. The third-order valence-corrected chi connectivity index (χ3v) is 3.75. The molecule has 0 saturated heterocycles. The van der Waals surface area contributed by atoms with Gasteiger partial charge in [-0.3, -0.25) is 4.79 Å². The summed E-state index contributed by atoms with van der Waals surface area (Å²) >= 11 is 0. The highest BCUT2D eigenvalue weighted by atomic mass is 16.4. The lowest BCUT2D eigenvalue weighted by Crippen LogP contribution is -2.56. The van der Waals surface area contributed by atoms with Crippen LogP contribution in [0.4, 0.5) is 0 Å². The van der Waals surface area contributed by atoms with Gasteiger partial charge in [0, 0.05) is 6.92 Å². The maximum atomic E-state index is 11.3. The van der Waals surface area contributed by atoms with Crippen LogP contribution in [0.5, 0.6) is 0 Å². The van der Waals surface area contributed by atoms with Crippen molar-refractivity contribution in [1.82, 2.24) is 5.32 Å². The quantitative estimate of drug-likeness (QED) is 0.720. The maximum absolute atomic E-state index is 11.3. The molecule has 2 fully saturated rings. The van der Waals surface area contributed by atoms with Crippen LogP contribution in [0.1, 0.15) is 39.0 Å². The Morgan fingerprint density at radius 3 is 2.20 bits per heavy atom. The summed E-state index contributed by atoms with van der Waals surface area (Å²) in [6.45, 7) is 1.39. The van der Waals surface area contributed by atoms with Crippen molar-refractivity contribution in [2.75, 3.05) is 0 Å². The van der Waals surface area contributed by atoms with Crippen LogP contribution in [0.15, 0.2) is 0 Å². The van der Waals surface area contributed by atoms with Crippen molar-refractivity contribution < 1.29 is 14.7 Å². The Morgan fingerprint density at radius 2 is 1.80 bits per heavy atom. The van der Waals surface area contributed by atoms with Gasteiger partial charge in [0.05, 0.1) is 0 Å². The summed E-state index contributed by atoms with van der Waals surface area (Å²) in [6.07, 6.45) is 4.62. The predicted molar refractivity (Wildman–Crippen MR) is 54.2 cm³/mol. The lowest BCUT2D eigenvalue weighted by molar-refractivity contribution is -0.150. The number of carbonyl (C=O) groups excluding carboxylic acids is 1. The molecule has 0 aliphatic heterocycles. The molecule has 4 nitrogen and oxygen atoms in total. The minimum atomic E-state index is -0.976. The fourth-order valence-corrected chi connectivity index (χ4v) is 3.29. The molecule has 2 aliphatic rings. The van der Waals surface area contributed by atoms with Crippen molar-refractivity contribution in [3.8, 4) is 0 Å². The van der Waals surface area contributed by atoms with E-state index in [1.807, 2.05) is 0 Å². The Hall–Kier alpha value is -1.06. The van der Waals surface area contributed by atoms with Gasteiger partial charge in [-0.2, -0.15) is 0 Å². The van der Waals surface area contributed by atoms with E-state index in [1.54, 1.807) is 0 Å². The number of hydrogen-bond donors (Lipinski definition) is 2. The average molecular weight is 211 g/mol. The lowest BCUT2D eigenvalue weighted by atomic mass is 9.75. The van der Waals surface area contributed by atoms with E-state index < -0.39 is 11.5 Å². The Morgan fingerprint density at radius 1 is 1.27 bits per heavy atom. The van der Waals surface area contributed by atoms with E-state index >= 15 is 0 Å². The summed E-state index contributed by atoms with van der Waals surface area (Å²) in [4.78, 5) is 22.4. The monoisotopic (exact) mass is 211 g/mol. The van der Waals surface area contributed by atoms with E-state index in [2.05, 4.69) is 5.32 Å². The molecular weight excluding hydrogens is 194 g/mol. The standard InChI is InChI=1S/C11H17NO3/c1-7(13)12-11(10(14)15)5-8-2-3-9(4-8)6-11/h8-9H,2-6H2,1H3,(H,12,13)(H,14,15). The van der Waals surface area contributed by atoms with Gasteiger partial charge in [0.25, 0.3) is 0 Å². The van der Waals surface area contributed by atoms with E-state index in [0.717, 1.165) is 19.3 Å². The number of fused-ring (bicyclic) bond motifs is 2. The Balaban J connectivity index is 2.19. The molecule has 0 heterocycles. The minimum absolute atomic E-state index is 0.237. The topological polar surface area (TPSA) is 66.4 Å². The Labute approximate surface area is 89.0 Å². The third-order valence-electron chi connectivity index (χ3n) is 3.75. The van der Waals surface area contributed by atoms with Gasteiger partial charge in [-0.05, 0) is 31.1 Å². The Bertz CT molecular complexity index is 288. The SMILES string of the molecule is CC(=O)NC1(C(=O)O)CC2CCC(C2)C1. The molecule has 15 heavy (non-hydrogen) atoms. The number of amides is 1.